The van der Waals surface area contributed by atoms with E-state index in [9.17, 15) is 21.6 Å². The summed E-state index contributed by atoms with van der Waals surface area (Å²) in [4.78, 5) is 4.44. The number of benzene rings is 2. The molecule has 0 aliphatic carbocycles. The third kappa shape index (κ3) is 3.14. The summed E-state index contributed by atoms with van der Waals surface area (Å²) in [7, 11) is -4.30. The van der Waals surface area contributed by atoms with Gasteiger partial charge in [-0.1, -0.05) is 46.4 Å². The van der Waals surface area contributed by atoms with Crippen molar-refractivity contribution in [3.05, 3.63) is 50.2 Å². The monoisotopic (exact) mass is 462 g/mol. The molecule has 0 amide bonds. The highest BCUT2D eigenvalue weighted by molar-refractivity contribution is 7.91. The normalized spacial score (nSPS) is 12.7. The highest BCUT2D eigenvalue weighted by atomic mass is 35.5. The third-order valence-electron chi connectivity index (χ3n) is 3.38. The topological polar surface area (TPSA) is 62.8 Å². The molecule has 0 bridgehead atoms. The maximum Gasteiger partial charge on any atom is 0.449 e. The molecule has 1 heterocycles. The second-order valence-corrected chi connectivity index (χ2v) is 8.49. The number of hydrogen-bond donors (Lipinski definition) is 1. The first kappa shape index (κ1) is 19.6. The van der Waals surface area contributed by atoms with Crippen molar-refractivity contribution in [1.82, 2.24) is 9.97 Å². The summed E-state index contributed by atoms with van der Waals surface area (Å²) in [6, 6.07) is 5.06. The van der Waals surface area contributed by atoms with E-state index in [2.05, 4.69) is 4.98 Å². The number of nitrogens with one attached hydrogen (secondary N) is 1. The Balaban J connectivity index is 2.35. The fourth-order valence-electron chi connectivity index (χ4n) is 2.21. The van der Waals surface area contributed by atoms with Gasteiger partial charge in [0.15, 0.2) is 0 Å². The minimum Gasteiger partial charge on any atom is -0.333 e. The van der Waals surface area contributed by atoms with Gasteiger partial charge in [0.25, 0.3) is 0 Å². The van der Waals surface area contributed by atoms with Crippen LogP contribution in [0.25, 0.3) is 11.0 Å². The van der Waals surface area contributed by atoms with E-state index in [1.165, 1.54) is 24.3 Å². The fourth-order valence-corrected chi connectivity index (χ4v) is 5.10. The standard InChI is InChI=1S/C14H5Cl4F3N2O2S/c15-5-1-3-6(4-2-5)26(24,25)12-8(17)7(16)10-11(9(12)18)23-13(22-10)14(19,20)21/h1-4H,(H,22,23). The van der Waals surface area contributed by atoms with Gasteiger partial charge < -0.3 is 4.98 Å². The van der Waals surface area contributed by atoms with Gasteiger partial charge in [-0.2, -0.15) is 13.2 Å². The van der Waals surface area contributed by atoms with E-state index in [0.717, 1.165) is 0 Å². The fraction of sp³-hybridized carbons (Fsp3) is 0.0714. The van der Waals surface area contributed by atoms with Crippen molar-refractivity contribution >= 4 is 67.3 Å². The van der Waals surface area contributed by atoms with Crippen LogP contribution in [0.1, 0.15) is 5.82 Å². The van der Waals surface area contributed by atoms with E-state index in [4.69, 9.17) is 46.4 Å². The Kier molecular flexibility index (Phi) is 4.86. The number of hydrogen-bond acceptors (Lipinski definition) is 3. The lowest BCUT2D eigenvalue weighted by Gasteiger charge is -2.11. The van der Waals surface area contributed by atoms with Crippen LogP contribution in [0.2, 0.25) is 20.1 Å². The first-order chi connectivity index (χ1) is 11.9. The zero-order valence-corrected chi connectivity index (χ0v) is 16.0. The summed E-state index contributed by atoms with van der Waals surface area (Å²) in [5.41, 5.74) is -0.773. The molecule has 1 N–H and O–H groups in total. The molecule has 2 aromatic carbocycles. The molecule has 0 saturated carbocycles. The molecule has 3 rings (SSSR count). The number of halogens is 7. The molecule has 138 valence electrons. The second kappa shape index (κ2) is 6.45. The Morgan fingerprint density at radius 3 is 2.04 bits per heavy atom. The number of H-pyrrole nitrogens is 1. The highest BCUT2D eigenvalue weighted by Gasteiger charge is 2.37. The predicted octanol–water partition coefficient (Wildman–Crippen LogP) is 6.03. The summed E-state index contributed by atoms with van der Waals surface area (Å²) in [5.74, 6) is -1.38. The molecule has 0 fully saturated rings. The summed E-state index contributed by atoms with van der Waals surface area (Å²) >= 11 is 23.8. The lowest BCUT2D eigenvalue weighted by atomic mass is 10.3. The molecular weight excluding hydrogens is 459 g/mol. The van der Waals surface area contributed by atoms with Gasteiger partial charge in [-0.05, 0) is 24.3 Å². The van der Waals surface area contributed by atoms with Gasteiger partial charge in [0.1, 0.15) is 10.4 Å². The number of sulfone groups is 1. The maximum absolute atomic E-state index is 12.9. The van der Waals surface area contributed by atoms with Crippen LogP contribution < -0.4 is 0 Å². The van der Waals surface area contributed by atoms with E-state index in [1.54, 1.807) is 0 Å². The van der Waals surface area contributed by atoms with Crippen molar-refractivity contribution in [3.8, 4) is 0 Å². The van der Waals surface area contributed by atoms with E-state index < -0.39 is 47.3 Å². The van der Waals surface area contributed by atoms with E-state index in [0.29, 0.717) is 0 Å². The molecule has 0 atom stereocenters. The van der Waals surface area contributed by atoms with Crippen LogP contribution >= 0.6 is 46.4 Å². The van der Waals surface area contributed by atoms with Crippen LogP contribution in [0.15, 0.2) is 34.1 Å². The molecule has 0 spiro atoms. The van der Waals surface area contributed by atoms with Gasteiger partial charge in [0.05, 0.1) is 25.5 Å². The molecule has 1 aromatic heterocycles. The molecule has 0 radical (unpaired) electrons. The van der Waals surface area contributed by atoms with Crippen LogP contribution in [0.4, 0.5) is 13.2 Å². The number of fused-ring (bicyclic) bond motifs is 1. The maximum atomic E-state index is 12.9. The molecule has 0 aliphatic rings. The van der Waals surface area contributed by atoms with Crippen molar-refractivity contribution in [2.24, 2.45) is 0 Å². The summed E-state index contributed by atoms with van der Waals surface area (Å²) < 4.78 is 64.4. The van der Waals surface area contributed by atoms with Gasteiger partial charge in [-0.25, -0.2) is 13.4 Å². The average Bonchev–Trinajstić information content (AvgIpc) is 2.99. The Morgan fingerprint density at radius 2 is 1.50 bits per heavy atom. The lowest BCUT2D eigenvalue weighted by Crippen LogP contribution is -2.06. The smallest absolute Gasteiger partial charge is 0.333 e. The Labute approximate surface area is 164 Å². The predicted molar refractivity (Wildman–Crippen MR) is 93.0 cm³/mol. The third-order valence-corrected chi connectivity index (χ3v) is 6.92. The number of rotatable bonds is 2. The van der Waals surface area contributed by atoms with Crippen molar-refractivity contribution in [2.45, 2.75) is 16.0 Å². The molecule has 26 heavy (non-hydrogen) atoms. The summed E-state index contributed by atoms with van der Waals surface area (Å²) in [5, 5.41) is -1.24. The zero-order chi connectivity index (χ0) is 19.4. The van der Waals surface area contributed by atoms with Gasteiger partial charge in [-0.15, -0.1) is 0 Å². The Bertz CT molecular complexity index is 1130. The highest BCUT2D eigenvalue weighted by Crippen LogP contribution is 2.44. The van der Waals surface area contributed by atoms with Crippen molar-refractivity contribution in [2.75, 3.05) is 0 Å². The quantitative estimate of drug-likeness (QED) is 0.472. The van der Waals surface area contributed by atoms with Gasteiger partial charge in [0, 0.05) is 5.02 Å². The van der Waals surface area contributed by atoms with Crippen LogP contribution in [-0.4, -0.2) is 18.4 Å². The first-order valence-electron chi connectivity index (χ1n) is 6.58. The van der Waals surface area contributed by atoms with Gasteiger partial charge in [-0.3, -0.25) is 0 Å². The van der Waals surface area contributed by atoms with Crippen molar-refractivity contribution in [1.29, 1.82) is 0 Å². The molecule has 0 saturated heterocycles. The molecule has 4 nitrogen and oxygen atoms in total. The van der Waals surface area contributed by atoms with Crippen molar-refractivity contribution < 1.29 is 21.6 Å². The molecule has 3 aromatic rings. The number of imidazole rings is 1. The van der Waals surface area contributed by atoms with E-state index >= 15 is 0 Å². The number of aromatic amines is 1. The second-order valence-electron chi connectivity index (χ2n) is 5.04. The lowest BCUT2D eigenvalue weighted by molar-refractivity contribution is -0.144. The van der Waals surface area contributed by atoms with Gasteiger partial charge in [0.2, 0.25) is 15.7 Å². The zero-order valence-electron chi connectivity index (χ0n) is 12.1. The molecular formula is C14H5Cl4F3N2O2S. The SMILES string of the molecule is O=S(=O)(c1ccc(Cl)cc1)c1c(Cl)c(Cl)c2[nH]c(C(F)(F)F)nc2c1Cl. The number of aromatic nitrogens is 2. The van der Waals surface area contributed by atoms with Gasteiger partial charge >= 0.3 is 6.18 Å². The van der Waals surface area contributed by atoms with Crippen molar-refractivity contribution in [3.63, 3.8) is 0 Å². The summed E-state index contributed by atoms with van der Waals surface area (Å²) in [6.45, 7) is 0. The van der Waals surface area contributed by atoms with Crippen LogP contribution in [0.5, 0.6) is 0 Å². The minimum atomic E-state index is -4.81. The van der Waals surface area contributed by atoms with Crippen LogP contribution in [-0.2, 0) is 16.0 Å². The molecule has 0 aliphatic heterocycles. The Morgan fingerprint density at radius 1 is 0.923 bits per heavy atom. The Hall–Kier alpha value is -1.19. The molecule has 0 unspecified atom stereocenters. The minimum absolute atomic E-state index is 0.215. The first-order valence-corrected chi connectivity index (χ1v) is 9.58. The average molecular weight is 464 g/mol. The largest absolute Gasteiger partial charge is 0.449 e. The van der Waals surface area contributed by atoms with Crippen LogP contribution in [0.3, 0.4) is 0 Å². The van der Waals surface area contributed by atoms with E-state index in [-0.39, 0.29) is 15.4 Å². The number of alkyl halides is 3. The van der Waals surface area contributed by atoms with Crippen LogP contribution in [0, 0.1) is 0 Å². The molecule has 12 heteroatoms. The summed E-state index contributed by atoms with van der Waals surface area (Å²) in [6.07, 6.45) is -4.81. The number of nitrogens with zero attached hydrogens (tertiary/aromatic N) is 1. The van der Waals surface area contributed by atoms with E-state index in [1.807, 2.05) is 4.98 Å².